The molecule has 1 aromatic carbocycles. The van der Waals surface area contributed by atoms with Crippen LogP contribution in [0.15, 0.2) is 59.4 Å². The Labute approximate surface area is 171 Å². The van der Waals surface area contributed by atoms with Crippen LogP contribution < -0.4 is 15.4 Å². The van der Waals surface area contributed by atoms with Gasteiger partial charge in [0.1, 0.15) is 12.4 Å². The third-order valence-corrected chi connectivity index (χ3v) is 4.71. The normalized spacial score (nSPS) is 12.0. The molecule has 1 unspecified atom stereocenters. The third kappa shape index (κ3) is 7.07. The SMILES string of the molecule is C=CCOc1ccccc1CNC(=NC)NCC(C)c1cccs1.I. The molecule has 0 aliphatic heterocycles. The molecule has 2 N–H and O–H groups in total. The van der Waals surface area contributed by atoms with E-state index < -0.39 is 0 Å². The number of rotatable bonds is 8. The fraction of sp³-hybridized carbons (Fsp3) is 0.316. The van der Waals surface area contributed by atoms with Crippen LogP contribution in [0.4, 0.5) is 0 Å². The van der Waals surface area contributed by atoms with Crippen LogP contribution in [0.5, 0.6) is 5.75 Å². The minimum atomic E-state index is 0. The highest BCUT2D eigenvalue weighted by Crippen LogP contribution is 2.20. The van der Waals surface area contributed by atoms with Crippen molar-refractivity contribution in [3.8, 4) is 5.75 Å². The number of nitrogens with zero attached hydrogens (tertiary/aromatic N) is 1. The lowest BCUT2D eigenvalue weighted by Crippen LogP contribution is -2.38. The zero-order valence-electron chi connectivity index (χ0n) is 14.7. The second-order valence-electron chi connectivity index (χ2n) is 5.43. The van der Waals surface area contributed by atoms with Crippen molar-refractivity contribution in [1.29, 1.82) is 0 Å². The lowest BCUT2D eigenvalue weighted by atomic mass is 10.1. The first-order valence-corrected chi connectivity index (χ1v) is 8.92. The summed E-state index contributed by atoms with van der Waals surface area (Å²) in [7, 11) is 1.78. The van der Waals surface area contributed by atoms with Crippen LogP contribution in [0, 0.1) is 0 Å². The highest BCUT2D eigenvalue weighted by Gasteiger charge is 2.08. The number of hydrogen-bond donors (Lipinski definition) is 2. The predicted molar refractivity (Wildman–Crippen MR) is 118 cm³/mol. The van der Waals surface area contributed by atoms with Gasteiger partial charge in [0, 0.05) is 36.5 Å². The molecule has 0 aliphatic rings. The van der Waals surface area contributed by atoms with E-state index >= 15 is 0 Å². The average Bonchev–Trinajstić information content (AvgIpc) is 3.15. The molecule has 0 saturated carbocycles. The number of guanidine groups is 1. The highest BCUT2D eigenvalue weighted by molar-refractivity contribution is 14.0. The minimum absolute atomic E-state index is 0. The molecular weight excluding hydrogens is 445 g/mol. The molecule has 2 rings (SSSR count). The number of thiophene rings is 1. The predicted octanol–water partition coefficient (Wildman–Crippen LogP) is 4.40. The van der Waals surface area contributed by atoms with Crippen molar-refractivity contribution in [2.24, 2.45) is 4.99 Å². The monoisotopic (exact) mass is 471 g/mol. The molecule has 0 spiro atoms. The summed E-state index contributed by atoms with van der Waals surface area (Å²) in [6, 6.07) is 12.2. The van der Waals surface area contributed by atoms with Crippen LogP contribution in [-0.2, 0) is 6.54 Å². The highest BCUT2D eigenvalue weighted by atomic mass is 127. The van der Waals surface area contributed by atoms with Crippen molar-refractivity contribution in [1.82, 2.24) is 10.6 Å². The Balaban J connectivity index is 0.00000312. The van der Waals surface area contributed by atoms with Gasteiger partial charge in [0.25, 0.3) is 0 Å². The van der Waals surface area contributed by atoms with Gasteiger partial charge in [-0.3, -0.25) is 4.99 Å². The van der Waals surface area contributed by atoms with Crippen LogP contribution in [0.1, 0.15) is 23.3 Å². The molecule has 136 valence electrons. The van der Waals surface area contributed by atoms with E-state index in [1.807, 2.05) is 24.3 Å². The lowest BCUT2D eigenvalue weighted by molar-refractivity contribution is 0.358. The number of ether oxygens (including phenoxy) is 1. The Hall–Kier alpha value is -1.54. The number of halogens is 1. The van der Waals surface area contributed by atoms with E-state index in [1.54, 1.807) is 24.5 Å². The van der Waals surface area contributed by atoms with E-state index in [0.29, 0.717) is 19.1 Å². The molecule has 1 atom stereocenters. The van der Waals surface area contributed by atoms with Crippen molar-refractivity contribution in [3.63, 3.8) is 0 Å². The summed E-state index contributed by atoms with van der Waals surface area (Å²) in [6.07, 6.45) is 1.75. The molecule has 1 aromatic heterocycles. The van der Waals surface area contributed by atoms with Gasteiger partial charge in [0.05, 0.1) is 0 Å². The summed E-state index contributed by atoms with van der Waals surface area (Å²) in [5, 5.41) is 8.83. The summed E-state index contributed by atoms with van der Waals surface area (Å²) >= 11 is 1.79. The maximum atomic E-state index is 5.68. The fourth-order valence-corrected chi connectivity index (χ4v) is 3.05. The van der Waals surface area contributed by atoms with E-state index in [4.69, 9.17) is 4.74 Å². The van der Waals surface area contributed by atoms with E-state index in [-0.39, 0.29) is 24.0 Å². The number of para-hydroxylation sites is 1. The van der Waals surface area contributed by atoms with Crippen molar-refractivity contribution >= 4 is 41.3 Å². The van der Waals surface area contributed by atoms with Gasteiger partial charge in [-0.2, -0.15) is 0 Å². The van der Waals surface area contributed by atoms with Crippen molar-refractivity contribution in [2.75, 3.05) is 20.2 Å². The van der Waals surface area contributed by atoms with Crippen molar-refractivity contribution in [3.05, 3.63) is 64.9 Å². The smallest absolute Gasteiger partial charge is 0.191 e. The molecule has 2 aromatic rings. The summed E-state index contributed by atoms with van der Waals surface area (Å²) < 4.78 is 5.68. The Morgan fingerprint density at radius 1 is 1.28 bits per heavy atom. The van der Waals surface area contributed by atoms with Gasteiger partial charge >= 0.3 is 0 Å². The molecule has 0 bridgehead atoms. The number of nitrogens with one attached hydrogen (secondary N) is 2. The van der Waals surface area contributed by atoms with Gasteiger partial charge in [-0.15, -0.1) is 35.3 Å². The molecule has 25 heavy (non-hydrogen) atoms. The van der Waals surface area contributed by atoms with Gasteiger partial charge in [-0.05, 0) is 17.5 Å². The summed E-state index contributed by atoms with van der Waals surface area (Å²) in [6.45, 7) is 7.90. The van der Waals surface area contributed by atoms with Crippen LogP contribution in [0.25, 0.3) is 0 Å². The maximum absolute atomic E-state index is 5.68. The van der Waals surface area contributed by atoms with E-state index in [1.165, 1.54) is 4.88 Å². The van der Waals surface area contributed by atoms with Crippen LogP contribution >= 0.6 is 35.3 Å². The average molecular weight is 471 g/mol. The molecular formula is C19H26IN3OS. The van der Waals surface area contributed by atoms with Crippen molar-refractivity contribution in [2.45, 2.75) is 19.4 Å². The quantitative estimate of drug-likeness (QED) is 0.260. The number of aliphatic imine (C=N–C) groups is 1. The maximum Gasteiger partial charge on any atom is 0.191 e. The zero-order chi connectivity index (χ0) is 17.2. The molecule has 6 heteroatoms. The molecule has 0 radical (unpaired) electrons. The lowest BCUT2D eigenvalue weighted by Gasteiger charge is -2.16. The first-order valence-electron chi connectivity index (χ1n) is 8.04. The third-order valence-electron chi connectivity index (χ3n) is 3.60. The van der Waals surface area contributed by atoms with E-state index in [2.05, 4.69) is 46.6 Å². The largest absolute Gasteiger partial charge is 0.489 e. The molecule has 4 nitrogen and oxygen atoms in total. The Kier molecular flexibility index (Phi) is 10.3. The van der Waals surface area contributed by atoms with Gasteiger partial charge < -0.3 is 15.4 Å². The number of benzene rings is 1. The standard InChI is InChI=1S/C19H25N3OS.HI/c1-4-11-23-17-9-6-5-8-16(17)14-22-19(20-3)21-13-15(2)18-10-7-12-24-18;/h4-10,12,15H,1,11,13-14H2,2-3H3,(H2,20,21,22);1H. The first-order chi connectivity index (χ1) is 11.7. The number of hydrogen-bond acceptors (Lipinski definition) is 3. The van der Waals surface area contributed by atoms with Crippen LogP contribution in [0.2, 0.25) is 0 Å². The topological polar surface area (TPSA) is 45.6 Å². The minimum Gasteiger partial charge on any atom is -0.489 e. The second-order valence-corrected chi connectivity index (χ2v) is 6.41. The first kappa shape index (κ1) is 21.5. The summed E-state index contributed by atoms with van der Waals surface area (Å²) in [4.78, 5) is 5.67. The second kappa shape index (κ2) is 11.9. The summed E-state index contributed by atoms with van der Waals surface area (Å²) in [5.74, 6) is 2.11. The molecule has 1 heterocycles. The Morgan fingerprint density at radius 3 is 2.76 bits per heavy atom. The fourth-order valence-electron chi connectivity index (χ4n) is 2.26. The molecule has 0 amide bonds. The summed E-state index contributed by atoms with van der Waals surface area (Å²) in [5.41, 5.74) is 1.09. The van der Waals surface area contributed by atoms with Crippen LogP contribution in [-0.4, -0.2) is 26.2 Å². The van der Waals surface area contributed by atoms with E-state index in [0.717, 1.165) is 23.8 Å². The zero-order valence-corrected chi connectivity index (χ0v) is 17.8. The van der Waals surface area contributed by atoms with Gasteiger partial charge in [0.2, 0.25) is 0 Å². The van der Waals surface area contributed by atoms with E-state index in [9.17, 15) is 0 Å². The van der Waals surface area contributed by atoms with Gasteiger partial charge in [0.15, 0.2) is 5.96 Å². The Morgan fingerprint density at radius 2 is 2.08 bits per heavy atom. The van der Waals surface area contributed by atoms with Gasteiger partial charge in [-0.25, -0.2) is 0 Å². The van der Waals surface area contributed by atoms with Gasteiger partial charge in [-0.1, -0.05) is 43.8 Å². The Bertz CT molecular complexity index is 658. The molecule has 0 saturated heterocycles. The molecule has 0 fully saturated rings. The van der Waals surface area contributed by atoms with Crippen LogP contribution in [0.3, 0.4) is 0 Å². The van der Waals surface area contributed by atoms with Crippen molar-refractivity contribution < 1.29 is 4.74 Å². The molecule has 0 aliphatic carbocycles.